The number of piperidine rings is 1. The van der Waals surface area contributed by atoms with E-state index in [0.717, 1.165) is 42.8 Å². The molecule has 0 unspecified atom stereocenters. The molecule has 0 saturated carbocycles. The molecular formula is C32H33ClFN5O5. The SMILES string of the molecule is COCCc1cc(-c2n[nH]c(C(=O)OC)n2)cnc1CN1CCC(c2cccc3c2O[C@@](C)(c2ccc(Cl)cc2F)O3)CC1. The van der Waals surface area contributed by atoms with Crippen molar-refractivity contribution >= 4 is 17.6 Å². The van der Waals surface area contributed by atoms with Crippen molar-refractivity contribution in [2.24, 2.45) is 0 Å². The number of fused-ring (bicyclic) bond motifs is 1. The van der Waals surface area contributed by atoms with Gasteiger partial charge in [-0.1, -0.05) is 23.7 Å². The third-order valence-corrected chi connectivity index (χ3v) is 8.42. The smallest absolute Gasteiger partial charge is 0.375 e. The predicted octanol–water partition coefficient (Wildman–Crippen LogP) is 5.66. The summed E-state index contributed by atoms with van der Waals surface area (Å²) >= 11 is 5.97. The number of ether oxygens (including phenoxy) is 4. The van der Waals surface area contributed by atoms with Gasteiger partial charge >= 0.3 is 5.97 Å². The number of nitrogens with one attached hydrogen (secondary N) is 1. The van der Waals surface area contributed by atoms with Crippen LogP contribution in [0.5, 0.6) is 11.5 Å². The molecule has 0 amide bonds. The van der Waals surface area contributed by atoms with Crippen LogP contribution < -0.4 is 9.47 Å². The first kappa shape index (κ1) is 30.0. The number of carbonyl (C=O) groups is 1. The number of aromatic nitrogens is 4. The quantitative estimate of drug-likeness (QED) is 0.237. The third kappa shape index (κ3) is 5.99. The van der Waals surface area contributed by atoms with Crippen molar-refractivity contribution in [1.82, 2.24) is 25.1 Å². The van der Waals surface area contributed by atoms with Crippen LogP contribution in [-0.4, -0.2) is 65.0 Å². The molecule has 2 aromatic carbocycles. The lowest BCUT2D eigenvalue weighted by molar-refractivity contribution is -0.0712. The Morgan fingerprint density at radius 1 is 1.18 bits per heavy atom. The molecule has 4 heterocycles. The molecule has 12 heteroatoms. The second kappa shape index (κ2) is 12.5. The zero-order valence-electron chi connectivity index (χ0n) is 24.7. The first-order valence-corrected chi connectivity index (χ1v) is 14.8. The second-order valence-electron chi connectivity index (χ2n) is 11.1. The van der Waals surface area contributed by atoms with E-state index in [0.29, 0.717) is 53.0 Å². The second-order valence-corrected chi connectivity index (χ2v) is 11.5. The average Bonchev–Trinajstić information content (AvgIpc) is 3.65. The molecule has 1 fully saturated rings. The Bertz CT molecular complexity index is 1670. The van der Waals surface area contributed by atoms with Gasteiger partial charge in [-0.15, -0.1) is 0 Å². The lowest BCUT2D eigenvalue weighted by atomic mass is 9.88. The number of para-hydroxylation sites is 1. The summed E-state index contributed by atoms with van der Waals surface area (Å²) in [4.78, 5) is 23.2. The minimum Gasteiger partial charge on any atom is -0.463 e. The summed E-state index contributed by atoms with van der Waals surface area (Å²) in [6, 6.07) is 12.4. The molecule has 0 spiro atoms. The van der Waals surface area contributed by atoms with E-state index in [2.05, 4.69) is 26.1 Å². The van der Waals surface area contributed by atoms with Crippen LogP contribution in [0.4, 0.5) is 4.39 Å². The van der Waals surface area contributed by atoms with E-state index in [1.54, 1.807) is 32.4 Å². The third-order valence-electron chi connectivity index (χ3n) is 8.19. The Hall–Kier alpha value is -4.06. The molecule has 1 atom stereocenters. The molecule has 44 heavy (non-hydrogen) atoms. The fourth-order valence-corrected chi connectivity index (χ4v) is 6.02. The number of rotatable bonds is 9. The maximum atomic E-state index is 14.8. The molecule has 1 saturated heterocycles. The van der Waals surface area contributed by atoms with Crippen molar-refractivity contribution in [3.63, 3.8) is 0 Å². The van der Waals surface area contributed by atoms with E-state index in [1.807, 2.05) is 18.2 Å². The van der Waals surface area contributed by atoms with Crippen LogP contribution in [0.2, 0.25) is 5.02 Å². The number of H-pyrrole nitrogens is 1. The molecule has 0 aliphatic carbocycles. The summed E-state index contributed by atoms with van der Waals surface area (Å²) < 4.78 is 37.4. The normalized spacial score (nSPS) is 18.5. The van der Waals surface area contributed by atoms with Crippen LogP contribution in [0.25, 0.3) is 11.4 Å². The van der Waals surface area contributed by atoms with Gasteiger partial charge < -0.3 is 18.9 Å². The minimum absolute atomic E-state index is 0.0377. The van der Waals surface area contributed by atoms with Gasteiger partial charge in [0.15, 0.2) is 17.3 Å². The monoisotopic (exact) mass is 621 g/mol. The Labute approximate surface area is 259 Å². The highest BCUT2D eigenvalue weighted by molar-refractivity contribution is 6.30. The van der Waals surface area contributed by atoms with E-state index in [4.69, 9.17) is 35.5 Å². The van der Waals surface area contributed by atoms with Crippen LogP contribution in [0, 0.1) is 5.82 Å². The first-order chi connectivity index (χ1) is 21.3. The van der Waals surface area contributed by atoms with Crippen molar-refractivity contribution in [2.45, 2.75) is 44.4 Å². The minimum atomic E-state index is -1.28. The van der Waals surface area contributed by atoms with E-state index >= 15 is 0 Å². The molecule has 1 N–H and O–H groups in total. The van der Waals surface area contributed by atoms with Gasteiger partial charge in [0.05, 0.1) is 25.0 Å². The lowest BCUT2D eigenvalue weighted by Gasteiger charge is -2.33. The van der Waals surface area contributed by atoms with E-state index in [1.165, 1.54) is 13.2 Å². The number of nitrogens with zero attached hydrogens (tertiary/aromatic N) is 4. The molecule has 0 radical (unpaired) electrons. The molecule has 4 aromatic rings. The number of hydrogen-bond acceptors (Lipinski definition) is 9. The number of pyridine rings is 1. The number of aromatic amines is 1. The number of halogens is 2. The summed E-state index contributed by atoms with van der Waals surface area (Å²) in [5, 5.41) is 7.09. The summed E-state index contributed by atoms with van der Waals surface area (Å²) in [6.07, 6.45) is 4.25. The zero-order chi connectivity index (χ0) is 30.8. The van der Waals surface area contributed by atoms with Gasteiger partial charge in [0.2, 0.25) is 5.82 Å². The average molecular weight is 622 g/mol. The standard InChI is InChI=1S/C32H33ClFN5O5/c1-32(24-8-7-22(33)16-25(24)34)43-27-6-4-5-23(28(27)44-32)19-9-12-39(13-10-19)18-26-20(11-14-41-2)15-21(17-35-26)29-36-30(38-37-29)31(40)42-3/h4-8,15-17,19H,9-14,18H2,1-3H3,(H,36,37,38)/t32-/m0/s1. The summed E-state index contributed by atoms with van der Waals surface area (Å²) in [5.74, 6) is -0.378. The molecule has 2 aliphatic rings. The van der Waals surface area contributed by atoms with Gasteiger partial charge in [-0.2, -0.15) is 5.10 Å². The molecule has 0 bridgehead atoms. The number of likely N-dealkylation sites (tertiary alicyclic amines) is 1. The Morgan fingerprint density at radius 2 is 2.00 bits per heavy atom. The highest BCUT2D eigenvalue weighted by Gasteiger charge is 2.43. The van der Waals surface area contributed by atoms with E-state index in [-0.39, 0.29) is 11.7 Å². The summed E-state index contributed by atoms with van der Waals surface area (Å²) in [7, 11) is 2.96. The van der Waals surface area contributed by atoms with Crippen LogP contribution in [-0.2, 0) is 28.2 Å². The van der Waals surface area contributed by atoms with Crippen molar-refractivity contribution in [3.8, 4) is 22.9 Å². The molecular weight excluding hydrogens is 589 g/mol. The molecule has 6 rings (SSSR count). The van der Waals surface area contributed by atoms with Crippen LogP contribution >= 0.6 is 11.6 Å². The van der Waals surface area contributed by atoms with Gasteiger partial charge in [-0.05, 0) is 74.2 Å². The predicted molar refractivity (Wildman–Crippen MR) is 160 cm³/mol. The zero-order valence-corrected chi connectivity index (χ0v) is 25.5. The highest BCUT2D eigenvalue weighted by Crippen LogP contribution is 2.49. The van der Waals surface area contributed by atoms with Crippen molar-refractivity contribution in [1.29, 1.82) is 0 Å². The molecule has 2 aliphatic heterocycles. The van der Waals surface area contributed by atoms with Crippen LogP contribution in [0.1, 0.15) is 58.7 Å². The van der Waals surface area contributed by atoms with Crippen molar-refractivity contribution in [2.75, 3.05) is 33.9 Å². The van der Waals surface area contributed by atoms with Gasteiger partial charge in [0, 0.05) is 42.9 Å². The number of methoxy groups -OCH3 is 2. The highest BCUT2D eigenvalue weighted by atomic mass is 35.5. The molecule has 230 valence electrons. The van der Waals surface area contributed by atoms with Crippen LogP contribution in [0.15, 0.2) is 48.7 Å². The first-order valence-electron chi connectivity index (χ1n) is 14.4. The maximum Gasteiger partial charge on any atom is 0.375 e. The largest absolute Gasteiger partial charge is 0.463 e. The number of esters is 1. The van der Waals surface area contributed by atoms with Crippen LogP contribution in [0.3, 0.4) is 0 Å². The summed E-state index contributed by atoms with van der Waals surface area (Å²) in [5.41, 5.74) is 4.08. The summed E-state index contributed by atoms with van der Waals surface area (Å²) in [6.45, 7) is 4.70. The molecule has 2 aromatic heterocycles. The van der Waals surface area contributed by atoms with Gasteiger partial charge in [0.1, 0.15) is 5.82 Å². The van der Waals surface area contributed by atoms with Gasteiger partial charge in [-0.3, -0.25) is 15.0 Å². The number of carbonyl (C=O) groups excluding carboxylic acids is 1. The van der Waals surface area contributed by atoms with Gasteiger partial charge in [-0.25, -0.2) is 14.2 Å². The fourth-order valence-electron chi connectivity index (χ4n) is 5.86. The number of hydrogen-bond donors (Lipinski definition) is 1. The van der Waals surface area contributed by atoms with Crippen molar-refractivity contribution < 1.29 is 28.1 Å². The Balaban J connectivity index is 1.14. The van der Waals surface area contributed by atoms with E-state index < -0.39 is 17.6 Å². The topological polar surface area (TPSA) is 112 Å². The van der Waals surface area contributed by atoms with Gasteiger partial charge in [0.25, 0.3) is 5.79 Å². The van der Waals surface area contributed by atoms with Crippen molar-refractivity contribution in [3.05, 3.63) is 87.7 Å². The molecule has 10 nitrogen and oxygen atoms in total. The van der Waals surface area contributed by atoms with E-state index in [9.17, 15) is 9.18 Å². The maximum absolute atomic E-state index is 14.8. The lowest BCUT2D eigenvalue weighted by Crippen LogP contribution is -2.34. The fraction of sp³-hybridized carbons (Fsp3) is 0.375. The Morgan fingerprint density at radius 3 is 2.75 bits per heavy atom. The number of benzene rings is 2. The Kier molecular flexibility index (Phi) is 8.53.